The van der Waals surface area contributed by atoms with Crippen molar-refractivity contribution in [2.45, 2.75) is 19.4 Å². The molecule has 1 saturated heterocycles. The second-order valence-electron chi connectivity index (χ2n) is 8.17. The molecule has 29 heavy (non-hydrogen) atoms. The summed E-state index contributed by atoms with van der Waals surface area (Å²) in [6, 6.07) is 16.9. The summed E-state index contributed by atoms with van der Waals surface area (Å²) in [6.45, 7) is 3.42. The third-order valence-electron chi connectivity index (χ3n) is 5.97. The zero-order valence-electron chi connectivity index (χ0n) is 16.8. The van der Waals surface area contributed by atoms with Crippen molar-refractivity contribution in [1.29, 1.82) is 0 Å². The Morgan fingerprint density at radius 2 is 1.86 bits per heavy atom. The lowest BCUT2D eigenvalue weighted by Gasteiger charge is -2.30. The number of fused-ring (bicyclic) bond motifs is 1. The first-order chi connectivity index (χ1) is 14.3. The second kappa shape index (κ2) is 7.80. The SMILES string of the molecule is CN1CCCC(Cn2cc(-c3cncc(-c4ccccc4)c3)c3ncccc32)C1. The Bertz CT molecular complexity index is 1120. The Hall–Kier alpha value is -2.98. The van der Waals surface area contributed by atoms with E-state index < -0.39 is 0 Å². The van der Waals surface area contributed by atoms with Gasteiger partial charge in [-0.2, -0.15) is 0 Å². The van der Waals surface area contributed by atoms with Gasteiger partial charge in [-0.15, -0.1) is 0 Å². The molecule has 1 aromatic carbocycles. The van der Waals surface area contributed by atoms with E-state index in [0.717, 1.165) is 28.8 Å². The fraction of sp³-hybridized carbons (Fsp3) is 0.280. The summed E-state index contributed by atoms with van der Waals surface area (Å²) in [6.07, 6.45) is 10.6. The van der Waals surface area contributed by atoms with Crippen LogP contribution < -0.4 is 0 Å². The van der Waals surface area contributed by atoms with E-state index in [1.807, 2.05) is 30.7 Å². The number of likely N-dealkylation sites (tertiary alicyclic amines) is 1. The first-order valence-corrected chi connectivity index (χ1v) is 10.4. The smallest absolute Gasteiger partial charge is 0.0959 e. The summed E-state index contributed by atoms with van der Waals surface area (Å²) in [4.78, 5) is 11.7. The Labute approximate surface area is 171 Å². The van der Waals surface area contributed by atoms with Gasteiger partial charge in [-0.05, 0) is 56.1 Å². The number of piperidine rings is 1. The Kier molecular flexibility index (Phi) is 4.86. The van der Waals surface area contributed by atoms with E-state index in [9.17, 15) is 0 Å². The van der Waals surface area contributed by atoms with Crippen LogP contribution in [0.1, 0.15) is 12.8 Å². The van der Waals surface area contributed by atoms with Gasteiger partial charge in [0, 0.05) is 54.6 Å². The van der Waals surface area contributed by atoms with E-state index in [-0.39, 0.29) is 0 Å². The molecule has 1 aliphatic heterocycles. The summed E-state index contributed by atoms with van der Waals surface area (Å²) in [5.74, 6) is 0.686. The van der Waals surface area contributed by atoms with Crippen molar-refractivity contribution in [2.24, 2.45) is 5.92 Å². The minimum Gasteiger partial charge on any atom is -0.345 e. The standard InChI is InChI=1S/C25H26N4/c1-28-12-6-7-19(16-28)17-29-18-23(25-24(29)10-5-11-27-25)22-13-21(14-26-15-22)20-8-3-2-4-9-20/h2-5,8-11,13-15,18-19H,6-7,12,16-17H2,1H3. The molecule has 0 radical (unpaired) electrons. The van der Waals surface area contributed by atoms with E-state index in [2.05, 4.69) is 64.1 Å². The maximum Gasteiger partial charge on any atom is 0.0959 e. The molecule has 1 fully saturated rings. The summed E-state index contributed by atoms with van der Waals surface area (Å²) in [5, 5.41) is 0. The van der Waals surface area contributed by atoms with E-state index in [0.29, 0.717) is 5.92 Å². The average Bonchev–Trinajstić information content (AvgIpc) is 3.13. The predicted octanol–water partition coefficient (Wildman–Crippen LogP) is 5.11. The van der Waals surface area contributed by atoms with Gasteiger partial charge in [0.1, 0.15) is 0 Å². The topological polar surface area (TPSA) is 34.0 Å². The van der Waals surface area contributed by atoms with Gasteiger partial charge in [0.2, 0.25) is 0 Å². The number of benzene rings is 1. The van der Waals surface area contributed by atoms with Gasteiger partial charge < -0.3 is 9.47 Å². The third kappa shape index (κ3) is 3.68. The van der Waals surface area contributed by atoms with Crippen molar-refractivity contribution < 1.29 is 0 Å². The van der Waals surface area contributed by atoms with Crippen LogP contribution >= 0.6 is 0 Å². The number of hydrogen-bond acceptors (Lipinski definition) is 3. The molecule has 0 spiro atoms. The van der Waals surface area contributed by atoms with Crippen molar-refractivity contribution in [3.8, 4) is 22.3 Å². The maximum absolute atomic E-state index is 4.73. The van der Waals surface area contributed by atoms with Crippen LogP contribution in [0.3, 0.4) is 0 Å². The highest BCUT2D eigenvalue weighted by Gasteiger charge is 2.20. The molecular formula is C25H26N4. The molecule has 146 valence electrons. The molecule has 5 rings (SSSR count). The average molecular weight is 383 g/mol. The number of pyridine rings is 2. The van der Waals surface area contributed by atoms with Crippen LogP contribution in [0, 0.1) is 5.92 Å². The number of nitrogens with zero attached hydrogens (tertiary/aromatic N) is 4. The van der Waals surface area contributed by atoms with Crippen LogP contribution in [0.2, 0.25) is 0 Å². The first kappa shape index (κ1) is 18.1. The molecule has 1 unspecified atom stereocenters. The zero-order valence-corrected chi connectivity index (χ0v) is 16.8. The van der Waals surface area contributed by atoms with E-state index in [1.54, 1.807) is 0 Å². The van der Waals surface area contributed by atoms with Crippen LogP contribution in [0.15, 0.2) is 73.3 Å². The van der Waals surface area contributed by atoms with Gasteiger partial charge in [-0.3, -0.25) is 9.97 Å². The lowest BCUT2D eigenvalue weighted by Crippen LogP contribution is -2.33. The minimum absolute atomic E-state index is 0.686. The summed E-state index contributed by atoms with van der Waals surface area (Å²) >= 11 is 0. The van der Waals surface area contributed by atoms with E-state index in [1.165, 1.54) is 37.0 Å². The van der Waals surface area contributed by atoms with Crippen molar-refractivity contribution in [1.82, 2.24) is 19.4 Å². The van der Waals surface area contributed by atoms with Gasteiger partial charge in [0.15, 0.2) is 0 Å². The molecule has 4 heteroatoms. The van der Waals surface area contributed by atoms with E-state index >= 15 is 0 Å². The Balaban J connectivity index is 1.54. The highest BCUT2D eigenvalue weighted by Crippen LogP contribution is 2.32. The highest BCUT2D eigenvalue weighted by molar-refractivity contribution is 5.93. The van der Waals surface area contributed by atoms with Gasteiger partial charge in [-0.25, -0.2) is 0 Å². The third-order valence-corrected chi connectivity index (χ3v) is 5.97. The molecule has 4 nitrogen and oxygen atoms in total. The monoisotopic (exact) mass is 382 g/mol. The Morgan fingerprint density at radius 1 is 1.00 bits per heavy atom. The van der Waals surface area contributed by atoms with Crippen molar-refractivity contribution in [3.05, 3.63) is 73.3 Å². The highest BCUT2D eigenvalue weighted by atomic mass is 15.1. The van der Waals surface area contributed by atoms with Crippen LogP contribution in [0.4, 0.5) is 0 Å². The largest absolute Gasteiger partial charge is 0.345 e. The van der Waals surface area contributed by atoms with Crippen LogP contribution in [0.5, 0.6) is 0 Å². The molecule has 4 heterocycles. The molecule has 0 aliphatic carbocycles. The molecule has 1 aliphatic rings. The molecule has 0 bridgehead atoms. The van der Waals surface area contributed by atoms with Gasteiger partial charge in [0.25, 0.3) is 0 Å². The van der Waals surface area contributed by atoms with Crippen LogP contribution in [0.25, 0.3) is 33.3 Å². The maximum atomic E-state index is 4.73. The van der Waals surface area contributed by atoms with Crippen LogP contribution in [-0.4, -0.2) is 39.6 Å². The molecule has 0 saturated carbocycles. The fourth-order valence-corrected chi connectivity index (χ4v) is 4.56. The predicted molar refractivity (Wildman–Crippen MR) is 119 cm³/mol. The van der Waals surface area contributed by atoms with Gasteiger partial charge in [-0.1, -0.05) is 30.3 Å². The molecule has 0 amide bonds. The van der Waals surface area contributed by atoms with Crippen molar-refractivity contribution in [3.63, 3.8) is 0 Å². The lowest BCUT2D eigenvalue weighted by atomic mass is 9.98. The summed E-state index contributed by atoms with van der Waals surface area (Å²) in [5.41, 5.74) is 6.87. The second-order valence-corrected chi connectivity index (χ2v) is 8.17. The summed E-state index contributed by atoms with van der Waals surface area (Å²) < 4.78 is 2.40. The zero-order chi connectivity index (χ0) is 19.6. The Morgan fingerprint density at radius 3 is 2.72 bits per heavy atom. The number of aromatic nitrogens is 3. The van der Waals surface area contributed by atoms with Crippen molar-refractivity contribution >= 4 is 11.0 Å². The normalized spacial score (nSPS) is 17.6. The fourth-order valence-electron chi connectivity index (χ4n) is 4.56. The lowest BCUT2D eigenvalue weighted by molar-refractivity contribution is 0.196. The number of rotatable bonds is 4. The summed E-state index contributed by atoms with van der Waals surface area (Å²) in [7, 11) is 2.23. The van der Waals surface area contributed by atoms with Crippen LogP contribution in [-0.2, 0) is 6.54 Å². The van der Waals surface area contributed by atoms with Gasteiger partial charge in [0.05, 0.1) is 11.0 Å². The molecule has 1 atom stereocenters. The molecule has 0 N–H and O–H groups in total. The van der Waals surface area contributed by atoms with Crippen molar-refractivity contribution in [2.75, 3.05) is 20.1 Å². The van der Waals surface area contributed by atoms with E-state index in [4.69, 9.17) is 4.98 Å². The molecule has 3 aromatic heterocycles. The molecule has 4 aromatic rings. The first-order valence-electron chi connectivity index (χ1n) is 10.4. The number of hydrogen-bond donors (Lipinski definition) is 0. The minimum atomic E-state index is 0.686. The quantitative estimate of drug-likeness (QED) is 0.492. The molecular weight excluding hydrogens is 356 g/mol. The van der Waals surface area contributed by atoms with Gasteiger partial charge >= 0.3 is 0 Å².